The van der Waals surface area contributed by atoms with Crippen LogP contribution in [0.25, 0.3) is 0 Å². The van der Waals surface area contributed by atoms with E-state index in [1.54, 1.807) is 12.0 Å². The number of nitrogens with zero attached hydrogens (tertiary/aromatic N) is 1. The Balaban J connectivity index is 2.02. The van der Waals surface area contributed by atoms with Crippen LogP contribution in [-0.4, -0.2) is 31.0 Å². The molecule has 0 radical (unpaired) electrons. The third-order valence-corrected chi connectivity index (χ3v) is 4.64. The zero-order valence-electron chi connectivity index (χ0n) is 12.6. The van der Waals surface area contributed by atoms with Crippen LogP contribution in [0.15, 0.2) is 22.7 Å². The molecular formula is C16H23BrN2O2. The van der Waals surface area contributed by atoms with E-state index in [-0.39, 0.29) is 17.9 Å². The van der Waals surface area contributed by atoms with Gasteiger partial charge >= 0.3 is 0 Å². The number of amides is 1. The molecule has 21 heavy (non-hydrogen) atoms. The lowest BCUT2D eigenvalue weighted by Gasteiger charge is -2.29. The van der Waals surface area contributed by atoms with Crippen molar-refractivity contribution in [3.63, 3.8) is 0 Å². The van der Waals surface area contributed by atoms with Gasteiger partial charge in [0.05, 0.1) is 7.11 Å². The van der Waals surface area contributed by atoms with Gasteiger partial charge in [-0.3, -0.25) is 4.79 Å². The molecule has 5 heteroatoms. The molecule has 1 aromatic carbocycles. The summed E-state index contributed by atoms with van der Waals surface area (Å²) in [6, 6.07) is 6.12. The number of halogens is 1. The van der Waals surface area contributed by atoms with E-state index >= 15 is 0 Å². The third kappa shape index (κ3) is 4.20. The van der Waals surface area contributed by atoms with Crippen LogP contribution >= 0.6 is 15.9 Å². The lowest BCUT2D eigenvalue weighted by Crippen LogP contribution is -2.37. The van der Waals surface area contributed by atoms with Gasteiger partial charge in [-0.2, -0.15) is 0 Å². The number of carbonyl (C=O) groups is 1. The molecule has 1 amide bonds. The smallest absolute Gasteiger partial charge is 0.225 e. The summed E-state index contributed by atoms with van der Waals surface area (Å²) in [4.78, 5) is 14.3. The van der Waals surface area contributed by atoms with Gasteiger partial charge in [-0.05, 0) is 43.9 Å². The molecule has 1 saturated carbocycles. The molecule has 1 fully saturated rings. The van der Waals surface area contributed by atoms with Crippen molar-refractivity contribution in [2.75, 3.05) is 14.2 Å². The van der Waals surface area contributed by atoms with Crippen molar-refractivity contribution in [3.8, 4) is 5.75 Å². The Morgan fingerprint density at radius 1 is 1.38 bits per heavy atom. The second kappa shape index (κ2) is 7.27. The van der Waals surface area contributed by atoms with Crippen molar-refractivity contribution in [1.82, 2.24) is 4.90 Å². The van der Waals surface area contributed by atoms with Crippen LogP contribution in [0.3, 0.4) is 0 Å². The van der Waals surface area contributed by atoms with Crippen LogP contribution in [-0.2, 0) is 11.3 Å². The highest BCUT2D eigenvalue weighted by atomic mass is 79.9. The van der Waals surface area contributed by atoms with E-state index in [2.05, 4.69) is 15.9 Å². The van der Waals surface area contributed by atoms with Gasteiger partial charge in [0.1, 0.15) is 5.75 Å². The second-order valence-corrected chi connectivity index (χ2v) is 6.68. The van der Waals surface area contributed by atoms with E-state index in [0.29, 0.717) is 6.54 Å². The summed E-state index contributed by atoms with van der Waals surface area (Å²) in [5.41, 5.74) is 6.91. The maximum atomic E-state index is 12.5. The highest BCUT2D eigenvalue weighted by Crippen LogP contribution is 2.27. The molecule has 0 bridgehead atoms. The largest absolute Gasteiger partial charge is 0.496 e. The topological polar surface area (TPSA) is 55.6 Å². The molecule has 1 aromatic rings. The number of rotatable bonds is 4. The minimum absolute atomic E-state index is 0.118. The maximum absolute atomic E-state index is 12.5. The average molecular weight is 355 g/mol. The predicted octanol–water partition coefficient (Wildman–Crippen LogP) is 2.93. The lowest BCUT2D eigenvalue weighted by atomic mass is 9.85. The molecule has 0 aromatic heterocycles. The van der Waals surface area contributed by atoms with Crippen molar-refractivity contribution in [1.29, 1.82) is 0 Å². The number of hydrogen-bond acceptors (Lipinski definition) is 3. The number of hydrogen-bond donors (Lipinski definition) is 1. The van der Waals surface area contributed by atoms with Gasteiger partial charge in [0, 0.05) is 35.6 Å². The Labute approximate surface area is 134 Å². The fraction of sp³-hybridized carbons (Fsp3) is 0.562. The van der Waals surface area contributed by atoms with Crippen molar-refractivity contribution < 1.29 is 9.53 Å². The van der Waals surface area contributed by atoms with Crippen molar-refractivity contribution >= 4 is 21.8 Å². The first-order valence-electron chi connectivity index (χ1n) is 7.34. The summed E-state index contributed by atoms with van der Waals surface area (Å²) in [7, 11) is 3.51. The Bertz CT molecular complexity index is 499. The summed E-state index contributed by atoms with van der Waals surface area (Å²) in [6.45, 7) is 0.560. The van der Waals surface area contributed by atoms with Gasteiger partial charge in [-0.25, -0.2) is 0 Å². The zero-order chi connectivity index (χ0) is 15.4. The molecule has 0 aliphatic heterocycles. The minimum Gasteiger partial charge on any atom is -0.496 e. The summed E-state index contributed by atoms with van der Waals surface area (Å²) in [5, 5.41) is 0. The van der Waals surface area contributed by atoms with Crippen molar-refractivity contribution in [2.45, 2.75) is 38.3 Å². The molecule has 2 N–H and O–H groups in total. The number of methoxy groups -OCH3 is 1. The number of carbonyl (C=O) groups excluding carboxylic acids is 1. The highest BCUT2D eigenvalue weighted by molar-refractivity contribution is 9.10. The summed E-state index contributed by atoms with van der Waals surface area (Å²) in [5.74, 6) is 1.14. The Morgan fingerprint density at radius 3 is 2.67 bits per heavy atom. The first-order valence-corrected chi connectivity index (χ1v) is 8.13. The molecule has 4 nitrogen and oxygen atoms in total. The standard InChI is InChI=1S/C16H23BrN2O2/c1-19(16(20)11-3-6-14(18)7-4-11)10-12-9-13(17)5-8-15(12)21-2/h5,8-9,11,14H,3-4,6-7,10,18H2,1-2H3. The van der Waals surface area contributed by atoms with Gasteiger partial charge in [0.2, 0.25) is 5.91 Å². The average Bonchev–Trinajstić information content (AvgIpc) is 2.47. The van der Waals surface area contributed by atoms with Crippen LogP contribution in [0.1, 0.15) is 31.2 Å². The van der Waals surface area contributed by atoms with Gasteiger partial charge in [-0.15, -0.1) is 0 Å². The van der Waals surface area contributed by atoms with E-state index in [9.17, 15) is 4.79 Å². The fourth-order valence-corrected chi connectivity index (χ4v) is 3.29. The summed E-state index contributed by atoms with van der Waals surface area (Å²) < 4.78 is 6.35. The molecular weight excluding hydrogens is 332 g/mol. The highest BCUT2D eigenvalue weighted by Gasteiger charge is 2.27. The van der Waals surface area contributed by atoms with Crippen LogP contribution in [0, 0.1) is 5.92 Å². The third-order valence-electron chi connectivity index (χ3n) is 4.15. The number of nitrogens with two attached hydrogens (primary N) is 1. The first kappa shape index (κ1) is 16.3. The SMILES string of the molecule is COc1ccc(Br)cc1CN(C)C(=O)C1CCC(N)CC1. The Morgan fingerprint density at radius 2 is 2.05 bits per heavy atom. The molecule has 116 valence electrons. The van der Waals surface area contributed by atoms with Crippen LogP contribution in [0.2, 0.25) is 0 Å². The van der Waals surface area contributed by atoms with Crippen molar-refractivity contribution in [2.24, 2.45) is 11.7 Å². The molecule has 1 aliphatic carbocycles. The second-order valence-electron chi connectivity index (χ2n) is 5.76. The minimum atomic E-state index is 0.118. The summed E-state index contributed by atoms with van der Waals surface area (Å²) in [6.07, 6.45) is 3.70. The number of ether oxygens (including phenoxy) is 1. The molecule has 2 rings (SSSR count). The van der Waals surface area contributed by atoms with E-state index in [0.717, 1.165) is 41.5 Å². The number of benzene rings is 1. The monoisotopic (exact) mass is 354 g/mol. The predicted molar refractivity (Wildman–Crippen MR) is 87.1 cm³/mol. The van der Waals surface area contributed by atoms with Crippen molar-refractivity contribution in [3.05, 3.63) is 28.2 Å². The van der Waals surface area contributed by atoms with Gasteiger partial charge < -0.3 is 15.4 Å². The zero-order valence-corrected chi connectivity index (χ0v) is 14.2. The van der Waals surface area contributed by atoms with E-state index < -0.39 is 0 Å². The van der Waals surface area contributed by atoms with Gasteiger partial charge in [-0.1, -0.05) is 15.9 Å². The fourth-order valence-electron chi connectivity index (χ4n) is 2.88. The molecule has 1 aliphatic rings. The quantitative estimate of drug-likeness (QED) is 0.904. The lowest BCUT2D eigenvalue weighted by molar-refractivity contribution is -0.135. The van der Waals surface area contributed by atoms with E-state index in [4.69, 9.17) is 10.5 Å². The van der Waals surface area contributed by atoms with Crippen LogP contribution in [0.4, 0.5) is 0 Å². The molecule has 0 heterocycles. The van der Waals surface area contributed by atoms with Crippen LogP contribution in [0.5, 0.6) is 5.75 Å². The summed E-state index contributed by atoms with van der Waals surface area (Å²) >= 11 is 3.46. The maximum Gasteiger partial charge on any atom is 0.225 e. The molecule has 0 unspecified atom stereocenters. The van der Waals surface area contributed by atoms with Gasteiger partial charge in [0.25, 0.3) is 0 Å². The van der Waals surface area contributed by atoms with Gasteiger partial charge in [0.15, 0.2) is 0 Å². The van der Waals surface area contributed by atoms with E-state index in [1.807, 2.05) is 25.2 Å². The normalized spacial score (nSPS) is 21.9. The molecule has 0 saturated heterocycles. The van der Waals surface area contributed by atoms with E-state index in [1.165, 1.54) is 0 Å². The first-order chi connectivity index (χ1) is 10.0. The Kier molecular flexibility index (Phi) is 5.65. The van der Waals surface area contributed by atoms with Crippen LogP contribution < -0.4 is 10.5 Å². The Hall–Kier alpha value is -1.07. The molecule has 0 spiro atoms. The molecule has 0 atom stereocenters.